The van der Waals surface area contributed by atoms with Crippen molar-refractivity contribution >= 4 is 11.8 Å². The quantitative estimate of drug-likeness (QED) is 0.680. The summed E-state index contributed by atoms with van der Waals surface area (Å²) in [6.07, 6.45) is 0. The Bertz CT molecular complexity index is 767. The first kappa shape index (κ1) is 14.8. The molecule has 4 nitrogen and oxygen atoms in total. The van der Waals surface area contributed by atoms with Gasteiger partial charge in [0.25, 0.3) is 0 Å². The van der Waals surface area contributed by atoms with Gasteiger partial charge in [-0.3, -0.25) is 0 Å². The number of rotatable bonds is 4. The van der Waals surface area contributed by atoms with Crippen LogP contribution in [0.2, 0.25) is 0 Å². The molecule has 1 atom stereocenters. The molecule has 0 aliphatic rings. The van der Waals surface area contributed by atoms with Crippen molar-refractivity contribution in [2.75, 3.05) is 0 Å². The molecule has 0 aliphatic carbocycles. The Kier molecular flexibility index (Phi) is 4.24. The molecule has 0 N–H and O–H groups in total. The second-order valence-corrected chi connectivity index (χ2v) is 6.62. The van der Waals surface area contributed by atoms with Crippen LogP contribution in [0.15, 0.2) is 53.7 Å². The van der Waals surface area contributed by atoms with Crippen LogP contribution in [0.4, 0.5) is 0 Å². The van der Waals surface area contributed by atoms with Gasteiger partial charge in [0.15, 0.2) is 0 Å². The largest absolute Gasteiger partial charge is 0.214 e. The summed E-state index contributed by atoms with van der Waals surface area (Å²) in [5.74, 6) is 0. The maximum atomic E-state index is 4.17. The number of aromatic nitrogens is 4. The van der Waals surface area contributed by atoms with Crippen LogP contribution in [0.5, 0.6) is 0 Å². The van der Waals surface area contributed by atoms with Gasteiger partial charge in [0.2, 0.25) is 5.16 Å². The summed E-state index contributed by atoms with van der Waals surface area (Å²) in [6.45, 7) is 6.37. The molecular weight excluding hydrogens is 292 g/mol. The van der Waals surface area contributed by atoms with Crippen LogP contribution in [0, 0.1) is 13.8 Å². The first-order valence-corrected chi connectivity index (χ1v) is 8.11. The van der Waals surface area contributed by atoms with Crippen molar-refractivity contribution in [1.82, 2.24) is 20.2 Å². The van der Waals surface area contributed by atoms with E-state index < -0.39 is 0 Å². The second kappa shape index (κ2) is 6.32. The maximum absolute atomic E-state index is 4.17. The molecule has 0 bridgehead atoms. The number of hydrogen-bond acceptors (Lipinski definition) is 4. The zero-order valence-corrected chi connectivity index (χ0v) is 13.7. The molecule has 2 aromatic carbocycles. The molecule has 0 fully saturated rings. The smallest absolute Gasteiger partial charge is 0.187 e. The van der Waals surface area contributed by atoms with E-state index in [0.717, 1.165) is 10.8 Å². The molecule has 0 saturated heterocycles. The minimum Gasteiger partial charge on any atom is -0.187 e. The van der Waals surface area contributed by atoms with Crippen molar-refractivity contribution in [2.45, 2.75) is 31.2 Å². The molecule has 22 heavy (non-hydrogen) atoms. The summed E-state index contributed by atoms with van der Waals surface area (Å²) in [6, 6.07) is 16.7. The fourth-order valence-corrected chi connectivity index (χ4v) is 3.16. The van der Waals surface area contributed by atoms with Crippen LogP contribution in [0.1, 0.15) is 28.9 Å². The monoisotopic (exact) mass is 310 g/mol. The Morgan fingerprint density at radius 1 is 1.00 bits per heavy atom. The van der Waals surface area contributed by atoms with E-state index in [2.05, 4.69) is 78.8 Å². The van der Waals surface area contributed by atoms with Gasteiger partial charge in [-0.05, 0) is 60.0 Å². The molecule has 0 amide bonds. The van der Waals surface area contributed by atoms with Gasteiger partial charge in [0.1, 0.15) is 0 Å². The van der Waals surface area contributed by atoms with E-state index in [1.54, 1.807) is 16.4 Å². The molecular formula is C17H18N4S. The number of tetrazole rings is 1. The SMILES string of the molecule is Cc1ccc(-n2nnnc2S[C@@H](C)c2ccccc2)cc1C. The van der Waals surface area contributed by atoms with Gasteiger partial charge in [-0.1, -0.05) is 48.2 Å². The third-order valence-electron chi connectivity index (χ3n) is 3.73. The molecule has 0 radical (unpaired) electrons. The normalized spacial score (nSPS) is 12.3. The maximum Gasteiger partial charge on any atom is 0.214 e. The lowest BCUT2D eigenvalue weighted by Crippen LogP contribution is -2.01. The third kappa shape index (κ3) is 3.04. The highest BCUT2D eigenvalue weighted by molar-refractivity contribution is 7.99. The topological polar surface area (TPSA) is 43.6 Å². The standard InChI is InChI=1S/C17H18N4S/c1-12-9-10-16(11-13(12)2)21-17(18-19-20-21)22-14(3)15-7-5-4-6-8-15/h4-11,14H,1-3H3/t14-/m0/s1. The predicted octanol–water partition coefficient (Wildman–Crippen LogP) is 4.13. The van der Waals surface area contributed by atoms with Gasteiger partial charge in [-0.15, -0.1) is 5.10 Å². The first-order chi connectivity index (χ1) is 10.6. The zero-order valence-electron chi connectivity index (χ0n) is 12.9. The highest BCUT2D eigenvalue weighted by Crippen LogP contribution is 2.33. The van der Waals surface area contributed by atoms with Crippen LogP contribution in [-0.4, -0.2) is 20.2 Å². The van der Waals surface area contributed by atoms with Gasteiger partial charge >= 0.3 is 0 Å². The van der Waals surface area contributed by atoms with E-state index in [9.17, 15) is 0 Å². The number of benzene rings is 2. The average molecular weight is 310 g/mol. The number of thioether (sulfide) groups is 1. The van der Waals surface area contributed by atoms with E-state index in [1.807, 2.05) is 6.07 Å². The summed E-state index contributed by atoms with van der Waals surface area (Å²) in [4.78, 5) is 0. The lowest BCUT2D eigenvalue weighted by molar-refractivity contribution is 0.754. The van der Waals surface area contributed by atoms with E-state index in [0.29, 0.717) is 0 Å². The Labute approximate surface area is 134 Å². The van der Waals surface area contributed by atoms with Gasteiger partial charge in [-0.2, -0.15) is 4.68 Å². The molecule has 3 rings (SSSR count). The van der Waals surface area contributed by atoms with Crippen LogP contribution in [0.25, 0.3) is 5.69 Å². The highest BCUT2D eigenvalue weighted by Gasteiger charge is 2.14. The van der Waals surface area contributed by atoms with Gasteiger partial charge in [-0.25, -0.2) is 0 Å². The minimum absolute atomic E-state index is 0.289. The summed E-state index contributed by atoms with van der Waals surface area (Å²) >= 11 is 1.66. The number of aryl methyl sites for hydroxylation is 2. The molecule has 1 heterocycles. The van der Waals surface area contributed by atoms with E-state index >= 15 is 0 Å². The Morgan fingerprint density at radius 2 is 1.77 bits per heavy atom. The average Bonchev–Trinajstić information content (AvgIpc) is 2.99. The Balaban J connectivity index is 1.87. The lowest BCUT2D eigenvalue weighted by atomic mass is 10.1. The van der Waals surface area contributed by atoms with Crippen molar-refractivity contribution in [3.8, 4) is 5.69 Å². The fraction of sp³-hybridized carbons (Fsp3) is 0.235. The third-order valence-corrected chi connectivity index (χ3v) is 4.82. The predicted molar refractivity (Wildman–Crippen MR) is 89.3 cm³/mol. The second-order valence-electron chi connectivity index (χ2n) is 5.31. The molecule has 0 aliphatic heterocycles. The van der Waals surface area contributed by atoms with Crippen molar-refractivity contribution in [3.05, 3.63) is 65.2 Å². The van der Waals surface area contributed by atoms with Crippen molar-refractivity contribution in [2.24, 2.45) is 0 Å². The molecule has 1 aromatic heterocycles. The zero-order chi connectivity index (χ0) is 15.5. The van der Waals surface area contributed by atoms with Crippen LogP contribution in [0.3, 0.4) is 0 Å². The highest BCUT2D eigenvalue weighted by atomic mass is 32.2. The summed E-state index contributed by atoms with van der Waals surface area (Å²) in [5.41, 5.74) is 4.77. The fourth-order valence-electron chi connectivity index (χ4n) is 2.22. The van der Waals surface area contributed by atoms with Crippen LogP contribution < -0.4 is 0 Å². The van der Waals surface area contributed by atoms with Gasteiger partial charge in [0.05, 0.1) is 5.69 Å². The molecule has 3 aromatic rings. The summed E-state index contributed by atoms with van der Waals surface area (Å²) < 4.78 is 1.80. The molecule has 0 spiro atoms. The molecule has 0 saturated carbocycles. The molecule has 112 valence electrons. The van der Waals surface area contributed by atoms with E-state index in [-0.39, 0.29) is 5.25 Å². The van der Waals surface area contributed by atoms with E-state index in [4.69, 9.17) is 0 Å². The lowest BCUT2D eigenvalue weighted by Gasteiger charge is -2.11. The van der Waals surface area contributed by atoms with Crippen LogP contribution >= 0.6 is 11.8 Å². The van der Waals surface area contributed by atoms with Crippen molar-refractivity contribution < 1.29 is 0 Å². The Morgan fingerprint density at radius 3 is 2.50 bits per heavy atom. The minimum atomic E-state index is 0.289. The van der Waals surface area contributed by atoms with Gasteiger partial charge in [0, 0.05) is 5.25 Å². The molecule has 0 unspecified atom stereocenters. The Hall–Kier alpha value is -2.14. The van der Waals surface area contributed by atoms with Crippen molar-refractivity contribution in [1.29, 1.82) is 0 Å². The van der Waals surface area contributed by atoms with Gasteiger partial charge < -0.3 is 0 Å². The summed E-state index contributed by atoms with van der Waals surface area (Å²) in [5, 5.41) is 13.2. The number of nitrogens with zero attached hydrogens (tertiary/aromatic N) is 4. The van der Waals surface area contributed by atoms with Crippen molar-refractivity contribution in [3.63, 3.8) is 0 Å². The first-order valence-electron chi connectivity index (χ1n) is 7.23. The van der Waals surface area contributed by atoms with E-state index in [1.165, 1.54) is 16.7 Å². The molecule has 5 heteroatoms. The van der Waals surface area contributed by atoms with Crippen LogP contribution in [-0.2, 0) is 0 Å². The number of hydrogen-bond donors (Lipinski definition) is 0. The summed E-state index contributed by atoms with van der Waals surface area (Å²) in [7, 11) is 0.